The Morgan fingerprint density at radius 1 is 1.28 bits per heavy atom. The molecule has 2 N–H and O–H groups in total. The van der Waals surface area contributed by atoms with Gasteiger partial charge in [-0.25, -0.2) is 9.18 Å². The molecule has 92 valence electrons. The van der Waals surface area contributed by atoms with Crippen molar-refractivity contribution in [1.29, 1.82) is 0 Å². The number of H-pyrrole nitrogens is 1. The van der Waals surface area contributed by atoms with Crippen molar-refractivity contribution in [2.75, 3.05) is 0 Å². The van der Waals surface area contributed by atoms with Crippen molar-refractivity contribution in [2.24, 2.45) is 0 Å². The summed E-state index contributed by atoms with van der Waals surface area (Å²) in [4.78, 5) is 36.9. The first kappa shape index (κ1) is 10.7. The molecule has 1 unspecified atom stereocenters. The summed E-state index contributed by atoms with van der Waals surface area (Å²) in [6, 6.07) is 2.89. The first-order valence-electron chi connectivity index (χ1n) is 5.30. The first-order chi connectivity index (χ1) is 8.56. The highest BCUT2D eigenvalue weighted by Crippen LogP contribution is 2.21. The van der Waals surface area contributed by atoms with E-state index in [9.17, 15) is 18.8 Å². The minimum atomic E-state index is -0.871. The second-order valence-electron chi connectivity index (χ2n) is 4.09. The Kier molecular flexibility index (Phi) is 2.09. The minimum absolute atomic E-state index is 0.0803. The van der Waals surface area contributed by atoms with Crippen molar-refractivity contribution < 1.29 is 14.0 Å². The average Bonchev–Trinajstić information content (AvgIpc) is 2.77. The molecule has 1 aliphatic rings. The van der Waals surface area contributed by atoms with Gasteiger partial charge in [-0.1, -0.05) is 0 Å². The second kappa shape index (κ2) is 3.52. The number of benzene rings is 1. The molecule has 1 fully saturated rings. The highest BCUT2D eigenvalue weighted by atomic mass is 19.1. The molecule has 1 aromatic heterocycles. The predicted molar refractivity (Wildman–Crippen MR) is 59.3 cm³/mol. The fourth-order valence-electron chi connectivity index (χ4n) is 2.16. The van der Waals surface area contributed by atoms with E-state index < -0.39 is 29.4 Å². The van der Waals surface area contributed by atoms with Gasteiger partial charge in [0.1, 0.15) is 11.9 Å². The van der Waals surface area contributed by atoms with E-state index >= 15 is 0 Å². The monoisotopic (exact) mass is 249 g/mol. The van der Waals surface area contributed by atoms with E-state index in [4.69, 9.17) is 0 Å². The lowest BCUT2D eigenvalue weighted by Gasteiger charge is -2.07. The fraction of sp³-hybridized carbons (Fsp3) is 0.182. The predicted octanol–water partition coefficient (Wildman–Crippen LogP) is 0.0563. The van der Waals surface area contributed by atoms with E-state index in [1.165, 1.54) is 22.8 Å². The van der Waals surface area contributed by atoms with Crippen LogP contribution in [-0.2, 0) is 9.59 Å². The van der Waals surface area contributed by atoms with Gasteiger partial charge in [-0.05, 0) is 18.2 Å². The fourth-order valence-corrected chi connectivity index (χ4v) is 2.16. The third-order valence-electron chi connectivity index (χ3n) is 2.93. The molecule has 0 spiro atoms. The van der Waals surface area contributed by atoms with E-state index in [1.54, 1.807) is 0 Å². The van der Waals surface area contributed by atoms with Crippen LogP contribution in [-0.4, -0.2) is 21.4 Å². The molecule has 0 aliphatic carbocycles. The number of aromatic amines is 1. The number of halogens is 1. The van der Waals surface area contributed by atoms with Crippen LogP contribution in [0.2, 0.25) is 0 Å². The Morgan fingerprint density at radius 3 is 2.72 bits per heavy atom. The van der Waals surface area contributed by atoms with Crippen LogP contribution in [0.25, 0.3) is 11.0 Å². The van der Waals surface area contributed by atoms with Crippen LogP contribution in [0.3, 0.4) is 0 Å². The lowest BCUT2D eigenvalue weighted by Crippen LogP contribution is -2.28. The van der Waals surface area contributed by atoms with Gasteiger partial charge in [0.25, 0.3) is 0 Å². The van der Waals surface area contributed by atoms with Gasteiger partial charge in [-0.3, -0.25) is 19.5 Å². The third-order valence-corrected chi connectivity index (χ3v) is 2.93. The summed E-state index contributed by atoms with van der Waals surface area (Å²) < 4.78 is 14.2. The van der Waals surface area contributed by atoms with Crippen LogP contribution in [0, 0.1) is 5.82 Å². The second-order valence-corrected chi connectivity index (χ2v) is 4.09. The number of hydrogen-bond acceptors (Lipinski definition) is 3. The molecule has 2 amide bonds. The highest BCUT2D eigenvalue weighted by molar-refractivity contribution is 6.05. The molecule has 18 heavy (non-hydrogen) atoms. The Labute approximate surface area is 99.4 Å². The topological polar surface area (TPSA) is 84.0 Å². The molecule has 1 aliphatic heterocycles. The van der Waals surface area contributed by atoms with E-state index in [0.717, 1.165) is 0 Å². The standard InChI is InChI=1S/C11H8FN3O3/c12-5-1-2-7-6(3-5)13-11(18)15(7)8-4-9(16)14-10(8)17/h1-3,8H,4H2,(H,13,18)(H,14,16,17). The van der Waals surface area contributed by atoms with Crippen LogP contribution in [0.4, 0.5) is 4.39 Å². The van der Waals surface area contributed by atoms with Gasteiger partial charge < -0.3 is 4.98 Å². The van der Waals surface area contributed by atoms with Crippen LogP contribution < -0.4 is 11.0 Å². The first-order valence-corrected chi connectivity index (χ1v) is 5.30. The number of amides is 2. The highest BCUT2D eigenvalue weighted by Gasteiger charge is 2.34. The number of carbonyl (C=O) groups excluding carboxylic acids is 2. The van der Waals surface area contributed by atoms with E-state index in [2.05, 4.69) is 10.3 Å². The van der Waals surface area contributed by atoms with Crippen molar-refractivity contribution in [3.05, 3.63) is 34.5 Å². The van der Waals surface area contributed by atoms with Crippen molar-refractivity contribution >= 4 is 22.8 Å². The number of nitrogens with one attached hydrogen (secondary N) is 2. The molecular weight excluding hydrogens is 241 g/mol. The van der Waals surface area contributed by atoms with Crippen molar-refractivity contribution in [3.63, 3.8) is 0 Å². The molecule has 2 heterocycles. The molecule has 1 saturated heterocycles. The lowest BCUT2D eigenvalue weighted by atomic mass is 10.2. The lowest BCUT2D eigenvalue weighted by molar-refractivity contribution is -0.125. The Morgan fingerprint density at radius 2 is 2.06 bits per heavy atom. The van der Waals surface area contributed by atoms with E-state index in [1.807, 2.05) is 0 Å². The van der Waals surface area contributed by atoms with Crippen LogP contribution in [0.1, 0.15) is 12.5 Å². The normalized spacial score (nSPS) is 19.5. The maximum atomic E-state index is 13.0. The quantitative estimate of drug-likeness (QED) is 0.701. The molecule has 1 atom stereocenters. The Bertz CT molecular complexity index is 731. The van der Waals surface area contributed by atoms with Gasteiger partial charge in [-0.2, -0.15) is 0 Å². The van der Waals surface area contributed by atoms with Crippen LogP contribution >= 0.6 is 0 Å². The van der Waals surface area contributed by atoms with Crippen molar-refractivity contribution in [1.82, 2.24) is 14.9 Å². The van der Waals surface area contributed by atoms with Crippen molar-refractivity contribution in [3.8, 4) is 0 Å². The van der Waals surface area contributed by atoms with Gasteiger partial charge in [0.15, 0.2) is 0 Å². The number of carbonyl (C=O) groups is 2. The summed E-state index contributed by atoms with van der Waals surface area (Å²) in [5, 5.41) is 2.13. The van der Waals surface area contributed by atoms with E-state index in [0.29, 0.717) is 11.0 Å². The maximum Gasteiger partial charge on any atom is 0.327 e. The largest absolute Gasteiger partial charge is 0.327 e. The van der Waals surface area contributed by atoms with Crippen molar-refractivity contribution in [2.45, 2.75) is 12.5 Å². The number of fused-ring (bicyclic) bond motifs is 1. The molecule has 0 bridgehead atoms. The molecular formula is C11H8FN3O3. The summed E-state index contributed by atoms with van der Waals surface area (Å²) in [5.41, 5.74) is 0.161. The number of hydrogen-bond donors (Lipinski definition) is 2. The number of rotatable bonds is 1. The molecule has 0 saturated carbocycles. The molecule has 6 nitrogen and oxygen atoms in total. The summed E-state index contributed by atoms with van der Waals surface area (Å²) in [7, 11) is 0. The van der Waals surface area contributed by atoms with Gasteiger partial charge in [0, 0.05) is 0 Å². The van der Waals surface area contributed by atoms with E-state index in [-0.39, 0.29) is 6.42 Å². The smallest absolute Gasteiger partial charge is 0.305 e. The van der Waals surface area contributed by atoms with Gasteiger partial charge in [0.05, 0.1) is 17.5 Å². The number of nitrogens with zero attached hydrogens (tertiary/aromatic N) is 1. The summed E-state index contributed by atoms with van der Waals surface area (Å²) in [5.74, 6) is -1.43. The molecule has 0 radical (unpaired) electrons. The average molecular weight is 249 g/mol. The Balaban J connectivity index is 2.23. The van der Waals surface area contributed by atoms with Gasteiger partial charge >= 0.3 is 5.69 Å². The number of imide groups is 1. The molecule has 3 rings (SSSR count). The zero-order valence-corrected chi connectivity index (χ0v) is 9.07. The summed E-state index contributed by atoms with van der Waals surface area (Å²) in [6.07, 6.45) is -0.0803. The number of imidazole rings is 1. The zero-order valence-electron chi connectivity index (χ0n) is 9.07. The van der Waals surface area contributed by atoms with Crippen LogP contribution in [0.5, 0.6) is 0 Å². The summed E-state index contributed by atoms with van der Waals surface area (Å²) >= 11 is 0. The van der Waals surface area contributed by atoms with Crippen LogP contribution in [0.15, 0.2) is 23.0 Å². The molecule has 1 aromatic carbocycles. The Hall–Kier alpha value is -2.44. The SMILES string of the molecule is O=C1CC(n2c(=O)[nH]c3cc(F)ccc32)C(=O)N1. The minimum Gasteiger partial charge on any atom is -0.305 e. The van der Waals surface area contributed by atoms with Gasteiger partial charge in [-0.15, -0.1) is 0 Å². The maximum absolute atomic E-state index is 13.0. The molecule has 2 aromatic rings. The molecule has 7 heteroatoms. The zero-order chi connectivity index (χ0) is 12.9. The third kappa shape index (κ3) is 1.44. The summed E-state index contributed by atoms with van der Waals surface area (Å²) in [6.45, 7) is 0. The number of aromatic nitrogens is 2. The van der Waals surface area contributed by atoms with Gasteiger partial charge in [0.2, 0.25) is 11.8 Å².